The highest BCUT2D eigenvalue weighted by Gasteiger charge is 2.38. The number of ether oxygens (including phenoxy) is 1. The normalized spacial score (nSPS) is 18.8. The molecule has 1 atom stereocenters. The maximum absolute atomic E-state index is 12.8. The van der Waals surface area contributed by atoms with E-state index in [2.05, 4.69) is 5.32 Å². The van der Waals surface area contributed by atoms with E-state index >= 15 is 0 Å². The molecule has 1 aromatic carbocycles. The van der Waals surface area contributed by atoms with E-state index in [1.807, 2.05) is 24.7 Å². The van der Waals surface area contributed by atoms with Crippen LogP contribution >= 0.6 is 0 Å². The second-order valence-electron chi connectivity index (χ2n) is 8.13. The maximum atomic E-state index is 12.8. The number of fused-ring (bicyclic) bond motifs is 1. The van der Waals surface area contributed by atoms with E-state index in [1.165, 1.54) is 38.9 Å². The number of carbonyl (C=O) groups is 1. The third kappa shape index (κ3) is 3.46. The molecular weight excluding hydrogens is 384 g/mol. The molecule has 1 N–H and O–H groups in total. The van der Waals surface area contributed by atoms with E-state index in [9.17, 15) is 14.9 Å². The van der Waals surface area contributed by atoms with Crippen LogP contribution in [0.25, 0.3) is 0 Å². The minimum atomic E-state index is -0.473. The number of benzene rings is 1. The van der Waals surface area contributed by atoms with Crippen molar-refractivity contribution in [3.8, 4) is 0 Å². The zero-order chi connectivity index (χ0) is 21.4. The highest BCUT2D eigenvalue weighted by Crippen LogP contribution is 2.45. The van der Waals surface area contributed by atoms with Crippen molar-refractivity contribution in [3.63, 3.8) is 0 Å². The van der Waals surface area contributed by atoms with Crippen LogP contribution in [-0.2, 0) is 23.0 Å². The van der Waals surface area contributed by atoms with Crippen molar-refractivity contribution in [2.75, 3.05) is 12.4 Å². The molecule has 2 aliphatic rings. The second kappa shape index (κ2) is 7.93. The van der Waals surface area contributed by atoms with Crippen LogP contribution in [0.5, 0.6) is 0 Å². The molecule has 30 heavy (non-hydrogen) atoms. The number of allylic oxidation sites excluding steroid dienone is 1. The quantitative estimate of drug-likeness (QED) is 0.453. The standard InChI is InChI=1S/C22H26N4O4/c1-13-18(22(27)30-3)19(15-9-6-10-16(12-15)26(28)29)20-17(11-14-7-4-5-8-14)24-25(2)21(20)23-13/h6,9-10,12,14,19,23H,4-5,7-8,11H2,1-3H3. The smallest absolute Gasteiger partial charge is 0.336 e. The Kier molecular flexibility index (Phi) is 5.32. The Morgan fingerprint density at radius 3 is 2.77 bits per heavy atom. The zero-order valence-electron chi connectivity index (χ0n) is 17.5. The molecule has 0 amide bonds. The van der Waals surface area contributed by atoms with E-state index in [1.54, 1.807) is 12.1 Å². The van der Waals surface area contributed by atoms with Crippen LogP contribution in [0.2, 0.25) is 0 Å². The van der Waals surface area contributed by atoms with Crippen LogP contribution < -0.4 is 5.32 Å². The number of aromatic nitrogens is 2. The number of non-ortho nitro benzene ring substituents is 1. The van der Waals surface area contributed by atoms with Gasteiger partial charge in [-0.3, -0.25) is 14.8 Å². The Hall–Kier alpha value is -3.16. The molecule has 8 heteroatoms. The number of nitro benzene ring substituents is 1. The first kappa shape index (κ1) is 20.1. The number of nitrogens with one attached hydrogen (secondary N) is 1. The van der Waals surface area contributed by atoms with Gasteiger partial charge in [-0.05, 0) is 24.8 Å². The predicted molar refractivity (Wildman–Crippen MR) is 112 cm³/mol. The van der Waals surface area contributed by atoms with Crippen molar-refractivity contribution in [2.45, 2.75) is 44.9 Å². The third-order valence-electron chi connectivity index (χ3n) is 6.22. The first-order valence-electron chi connectivity index (χ1n) is 10.3. The average Bonchev–Trinajstić information content (AvgIpc) is 3.35. The highest BCUT2D eigenvalue weighted by atomic mass is 16.6. The van der Waals surface area contributed by atoms with Crippen molar-refractivity contribution in [1.29, 1.82) is 0 Å². The predicted octanol–water partition coefficient (Wildman–Crippen LogP) is 4.07. The summed E-state index contributed by atoms with van der Waals surface area (Å²) in [5.74, 6) is 0.476. The third-order valence-corrected chi connectivity index (χ3v) is 6.22. The molecule has 2 aromatic rings. The fourth-order valence-corrected chi connectivity index (χ4v) is 4.82. The zero-order valence-corrected chi connectivity index (χ0v) is 17.5. The number of hydrogen-bond donors (Lipinski definition) is 1. The topological polar surface area (TPSA) is 99.3 Å². The molecule has 0 bridgehead atoms. The number of aryl methyl sites for hydroxylation is 1. The Balaban J connectivity index is 1.89. The average molecular weight is 410 g/mol. The van der Waals surface area contributed by atoms with Gasteiger partial charge in [0.15, 0.2) is 0 Å². The molecule has 0 radical (unpaired) electrons. The van der Waals surface area contributed by atoms with Crippen molar-refractivity contribution in [3.05, 3.63) is 62.5 Å². The molecule has 1 unspecified atom stereocenters. The highest BCUT2D eigenvalue weighted by molar-refractivity contribution is 5.94. The fourth-order valence-electron chi connectivity index (χ4n) is 4.82. The van der Waals surface area contributed by atoms with Crippen LogP contribution in [0.15, 0.2) is 35.5 Å². The summed E-state index contributed by atoms with van der Waals surface area (Å²) in [6.07, 6.45) is 5.67. The summed E-state index contributed by atoms with van der Waals surface area (Å²) < 4.78 is 6.89. The molecule has 1 fully saturated rings. The van der Waals surface area contributed by atoms with Gasteiger partial charge in [-0.2, -0.15) is 5.10 Å². The Bertz CT molecular complexity index is 1030. The number of esters is 1. The number of hydrogen-bond acceptors (Lipinski definition) is 6. The molecule has 1 aliphatic heterocycles. The van der Waals surface area contributed by atoms with E-state index in [0.29, 0.717) is 22.8 Å². The van der Waals surface area contributed by atoms with Crippen LogP contribution in [0.3, 0.4) is 0 Å². The molecule has 158 valence electrons. The molecule has 2 heterocycles. The van der Waals surface area contributed by atoms with Crippen molar-refractivity contribution < 1.29 is 14.5 Å². The van der Waals surface area contributed by atoms with E-state index < -0.39 is 16.8 Å². The maximum Gasteiger partial charge on any atom is 0.336 e. The summed E-state index contributed by atoms with van der Waals surface area (Å²) >= 11 is 0. The van der Waals surface area contributed by atoms with E-state index in [0.717, 1.165) is 23.5 Å². The van der Waals surface area contributed by atoms with Crippen molar-refractivity contribution in [2.24, 2.45) is 13.0 Å². The molecule has 0 spiro atoms. The van der Waals surface area contributed by atoms with Crippen LogP contribution in [0, 0.1) is 16.0 Å². The van der Waals surface area contributed by atoms with Crippen LogP contribution in [0.4, 0.5) is 11.5 Å². The summed E-state index contributed by atoms with van der Waals surface area (Å²) in [6, 6.07) is 6.49. The lowest BCUT2D eigenvalue weighted by atomic mass is 9.80. The summed E-state index contributed by atoms with van der Waals surface area (Å²) in [5.41, 5.74) is 3.67. The lowest BCUT2D eigenvalue weighted by molar-refractivity contribution is -0.384. The summed E-state index contributed by atoms with van der Waals surface area (Å²) in [5, 5.41) is 19.5. The molecule has 4 rings (SSSR count). The van der Waals surface area contributed by atoms with Crippen LogP contribution in [0.1, 0.15) is 55.3 Å². The lowest BCUT2D eigenvalue weighted by Crippen LogP contribution is -2.25. The molecule has 1 aromatic heterocycles. The molecule has 8 nitrogen and oxygen atoms in total. The minimum absolute atomic E-state index is 0.00400. The molecule has 1 saturated carbocycles. The number of nitro groups is 1. The Labute approximate surface area is 175 Å². The molecule has 1 aliphatic carbocycles. The van der Waals surface area contributed by atoms with Gasteiger partial charge in [0.1, 0.15) is 5.82 Å². The van der Waals surface area contributed by atoms with Gasteiger partial charge >= 0.3 is 5.97 Å². The van der Waals surface area contributed by atoms with Gasteiger partial charge < -0.3 is 10.1 Å². The SMILES string of the molecule is COC(=O)C1=C(C)Nc2c(c(CC3CCCC3)nn2C)C1c1cccc([N+](=O)[O-])c1. The summed E-state index contributed by atoms with van der Waals surface area (Å²) in [6.45, 7) is 1.82. The van der Waals surface area contributed by atoms with Gasteiger partial charge in [0.05, 0.1) is 23.3 Å². The van der Waals surface area contributed by atoms with Crippen molar-refractivity contribution >= 4 is 17.5 Å². The lowest BCUT2D eigenvalue weighted by Gasteiger charge is -2.28. The summed E-state index contributed by atoms with van der Waals surface area (Å²) in [4.78, 5) is 23.7. The van der Waals surface area contributed by atoms with Gasteiger partial charge in [-0.15, -0.1) is 0 Å². The number of methoxy groups -OCH3 is 1. The fraction of sp³-hybridized carbons (Fsp3) is 0.455. The van der Waals surface area contributed by atoms with Gasteiger partial charge in [0.2, 0.25) is 0 Å². The van der Waals surface area contributed by atoms with Crippen LogP contribution in [-0.4, -0.2) is 27.8 Å². The van der Waals surface area contributed by atoms with Gasteiger partial charge in [0, 0.05) is 36.4 Å². The van der Waals surface area contributed by atoms with E-state index in [4.69, 9.17) is 9.84 Å². The first-order chi connectivity index (χ1) is 14.4. The Morgan fingerprint density at radius 1 is 1.37 bits per heavy atom. The molecule has 0 saturated heterocycles. The number of nitrogens with zero attached hydrogens (tertiary/aromatic N) is 3. The van der Waals surface area contributed by atoms with E-state index in [-0.39, 0.29) is 5.69 Å². The number of anilines is 1. The largest absolute Gasteiger partial charge is 0.466 e. The summed E-state index contributed by atoms with van der Waals surface area (Å²) in [7, 11) is 3.23. The Morgan fingerprint density at radius 2 is 2.10 bits per heavy atom. The van der Waals surface area contributed by atoms with Crippen molar-refractivity contribution in [1.82, 2.24) is 9.78 Å². The number of carbonyl (C=O) groups excluding carboxylic acids is 1. The number of rotatable bonds is 5. The monoisotopic (exact) mass is 410 g/mol. The molecular formula is C22H26N4O4. The first-order valence-corrected chi connectivity index (χ1v) is 10.3. The minimum Gasteiger partial charge on any atom is -0.466 e. The van der Waals surface area contributed by atoms with Gasteiger partial charge in [-0.25, -0.2) is 4.79 Å². The second-order valence-corrected chi connectivity index (χ2v) is 8.13. The van der Waals surface area contributed by atoms with Gasteiger partial charge in [0.25, 0.3) is 5.69 Å². The van der Waals surface area contributed by atoms with Gasteiger partial charge in [-0.1, -0.05) is 37.8 Å².